The van der Waals surface area contributed by atoms with Crippen molar-refractivity contribution in [1.29, 1.82) is 0 Å². The molecule has 0 unspecified atom stereocenters. The maximum absolute atomic E-state index is 13.5. The van der Waals surface area contributed by atoms with Gasteiger partial charge in [0.25, 0.3) is 0 Å². The molecular weight excluding hydrogens is 640 g/mol. The smallest absolute Gasteiger partial charge is 0.326 e. The fraction of sp³-hybridized carbons (Fsp3) is 0.594. The maximum Gasteiger partial charge on any atom is 0.326 e. The number of nitrogens with two attached hydrogens (primary N) is 2. The van der Waals surface area contributed by atoms with E-state index in [4.69, 9.17) is 11.5 Å². The zero-order valence-corrected chi connectivity index (χ0v) is 28.7. The molecule has 12 N–H and O–H groups in total. The van der Waals surface area contributed by atoms with Gasteiger partial charge in [0.15, 0.2) is 0 Å². The zero-order chi connectivity index (χ0) is 37.3. The van der Waals surface area contributed by atoms with Crippen LogP contribution in [0, 0.1) is 5.92 Å². The van der Waals surface area contributed by atoms with E-state index in [1.54, 1.807) is 44.2 Å². The number of aliphatic hydroxyl groups excluding tert-OH is 1. The highest BCUT2D eigenvalue weighted by molar-refractivity contribution is 5.96. The summed E-state index contributed by atoms with van der Waals surface area (Å²) in [5.74, 6) is -6.26. The Kier molecular flexibility index (Phi) is 18.5. The van der Waals surface area contributed by atoms with Crippen molar-refractivity contribution < 1.29 is 43.8 Å². The molecule has 274 valence electrons. The fourth-order valence-corrected chi connectivity index (χ4v) is 4.48. The van der Waals surface area contributed by atoms with Gasteiger partial charge in [0, 0.05) is 6.42 Å². The number of aliphatic carboxylic acids is 1. The van der Waals surface area contributed by atoms with Crippen molar-refractivity contribution in [3.63, 3.8) is 0 Å². The van der Waals surface area contributed by atoms with Crippen LogP contribution in [0.3, 0.4) is 0 Å². The van der Waals surface area contributed by atoms with Crippen LogP contribution in [-0.2, 0) is 40.0 Å². The predicted octanol–water partition coefficient (Wildman–Crippen LogP) is -2.61. The van der Waals surface area contributed by atoms with Crippen LogP contribution in [0.1, 0.15) is 59.4 Å². The number of rotatable bonds is 21. The number of hydrogen-bond acceptors (Lipinski definition) is 10. The Labute approximate surface area is 286 Å². The normalized spacial score (nSPS) is 15.3. The minimum atomic E-state index is -1.48. The van der Waals surface area contributed by atoms with E-state index < -0.39 is 96.2 Å². The number of benzene rings is 1. The molecule has 0 fully saturated rings. The number of carboxylic acid groups (broad SMARTS) is 1. The van der Waals surface area contributed by atoms with E-state index in [2.05, 4.69) is 31.9 Å². The molecule has 1 aromatic rings. The van der Waals surface area contributed by atoms with Gasteiger partial charge in [0.1, 0.15) is 30.2 Å². The largest absolute Gasteiger partial charge is 0.480 e. The summed E-state index contributed by atoms with van der Waals surface area (Å²) in [4.78, 5) is 88.6. The first-order chi connectivity index (χ1) is 23.0. The summed E-state index contributed by atoms with van der Waals surface area (Å²) in [5.41, 5.74) is 11.6. The van der Waals surface area contributed by atoms with Crippen molar-refractivity contribution in [1.82, 2.24) is 31.9 Å². The van der Waals surface area contributed by atoms with Gasteiger partial charge in [0.2, 0.25) is 35.4 Å². The number of aliphatic hydroxyl groups is 1. The van der Waals surface area contributed by atoms with Gasteiger partial charge in [0.05, 0.1) is 18.7 Å². The predicted molar refractivity (Wildman–Crippen MR) is 179 cm³/mol. The summed E-state index contributed by atoms with van der Waals surface area (Å²) in [6.45, 7) is 7.16. The van der Waals surface area contributed by atoms with Gasteiger partial charge < -0.3 is 53.6 Å². The lowest BCUT2D eigenvalue weighted by Gasteiger charge is -2.28. The SMILES string of the molecule is CC(C)[C@H](NC(=O)[C@H](C)NC(=O)[C@@H](NC(=O)CNC(=O)[C@H](C)N)[C@@H](C)O)C(=O)N[C@@H](Cc1ccccc1)C(=O)N[C@@H](CCCCN)C(=O)O. The van der Waals surface area contributed by atoms with E-state index in [0.717, 1.165) is 0 Å². The molecular formula is C32H52N8O9. The number of nitrogens with one attached hydrogen (secondary N) is 6. The molecule has 0 bridgehead atoms. The molecule has 0 radical (unpaired) electrons. The molecule has 17 nitrogen and oxygen atoms in total. The quantitative estimate of drug-likeness (QED) is 0.0596. The summed E-state index contributed by atoms with van der Waals surface area (Å²) in [7, 11) is 0. The molecule has 49 heavy (non-hydrogen) atoms. The van der Waals surface area contributed by atoms with E-state index in [0.29, 0.717) is 24.9 Å². The van der Waals surface area contributed by atoms with Crippen LogP contribution in [0.25, 0.3) is 0 Å². The third-order valence-corrected chi connectivity index (χ3v) is 7.39. The molecule has 1 aromatic carbocycles. The van der Waals surface area contributed by atoms with Crippen LogP contribution in [0.4, 0.5) is 0 Å². The van der Waals surface area contributed by atoms with Gasteiger partial charge in [-0.3, -0.25) is 28.8 Å². The van der Waals surface area contributed by atoms with E-state index in [1.165, 1.54) is 20.8 Å². The molecule has 7 atom stereocenters. The zero-order valence-electron chi connectivity index (χ0n) is 28.7. The molecule has 6 amide bonds. The van der Waals surface area contributed by atoms with E-state index in [9.17, 15) is 43.8 Å². The Bertz CT molecular complexity index is 1280. The summed E-state index contributed by atoms with van der Waals surface area (Å²) in [6.07, 6.45) is -0.175. The second kappa shape index (κ2) is 21.4. The molecule has 0 aliphatic carbocycles. The third kappa shape index (κ3) is 15.4. The van der Waals surface area contributed by atoms with Crippen molar-refractivity contribution >= 4 is 41.4 Å². The van der Waals surface area contributed by atoms with Gasteiger partial charge >= 0.3 is 5.97 Å². The minimum Gasteiger partial charge on any atom is -0.480 e. The van der Waals surface area contributed by atoms with Crippen molar-refractivity contribution in [3.05, 3.63) is 35.9 Å². The summed E-state index contributed by atoms with van der Waals surface area (Å²) in [5, 5.41) is 34.4. The van der Waals surface area contributed by atoms with Gasteiger partial charge in [-0.05, 0) is 58.1 Å². The second-order valence-electron chi connectivity index (χ2n) is 12.2. The average molecular weight is 693 g/mol. The monoisotopic (exact) mass is 692 g/mol. The number of carbonyl (C=O) groups is 7. The summed E-state index contributed by atoms with van der Waals surface area (Å²) < 4.78 is 0. The van der Waals surface area contributed by atoms with Gasteiger partial charge in [-0.1, -0.05) is 44.2 Å². The highest BCUT2D eigenvalue weighted by Crippen LogP contribution is 2.09. The van der Waals surface area contributed by atoms with Gasteiger partial charge in [-0.25, -0.2) is 4.79 Å². The molecule has 0 aliphatic heterocycles. The highest BCUT2D eigenvalue weighted by Gasteiger charge is 2.33. The first-order valence-electron chi connectivity index (χ1n) is 16.2. The number of carboxylic acids is 1. The lowest BCUT2D eigenvalue weighted by Crippen LogP contribution is -2.60. The molecule has 0 spiro atoms. The molecule has 0 saturated heterocycles. The van der Waals surface area contributed by atoms with Crippen LogP contribution >= 0.6 is 0 Å². The topological polar surface area (TPSA) is 284 Å². The summed E-state index contributed by atoms with van der Waals surface area (Å²) >= 11 is 0. The number of hydrogen-bond donors (Lipinski definition) is 10. The molecule has 17 heteroatoms. The molecule has 0 saturated carbocycles. The summed E-state index contributed by atoms with van der Waals surface area (Å²) in [6, 6.07) is 1.58. The molecule has 0 aromatic heterocycles. The van der Waals surface area contributed by atoms with Crippen LogP contribution in [-0.4, -0.2) is 107 Å². The second-order valence-corrected chi connectivity index (χ2v) is 12.2. The van der Waals surface area contributed by atoms with Gasteiger partial charge in [-0.2, -0.15) is 0 Å². The number of carbonyl (C=O) groups excluding carboxylic acids is 6. The molecule has 0 aliphatic rings. The maximum atomic E-state index is 13.5. The van der Waals surface area contributed by atoms with Crippen molar-refractivity contribution in [2.24, 2.45) is 17.4 Å². The Morgan fingerprint density at radius 3 is 1.84 bits per heavy atom. The fourth-order valence-electron chi connectivity index (χ4n) is 4.48. The Morgan fingerprint density at radius 2 is 1.31 bits per heavy atom. The molecule has 1 rings (SSSR count). The van der Waals surface area contributed by atoms with E-state index in [1.807, 2.05) is 0 Å². The van der Waals surface area contributed by atoms with Crippen molar-refractivity contribution in [2.75, 3.05) is 13.1 Å². The first kappa shape index (κ1) is 42.4. The van der Waals surface area contributed by atoms with E-state index >= 15 is 0 Å². The first-order valence-corrected chi connectivity index (χ1v) is 16.2. The number of amides is 6. The lowest BCUT2D eigenvalue weighted by atomic mass is 10.00. The minimum absolute atomic E-state index is 0.0279. The Morgan fingerprint density at radius 1 is 0.714 bits per heavy atom. The highest BCUT2D eigenvalue weighted by atomic mass is 16.4. The van der Waals surface area contributed by atoms with Crippen LogP contribution in [0.2, 0.25) is 0 Å². The Balaban J connectivity index is 3.03. The average Bonchev–Trinajstić information content (AvgIpc) is 3.03. The van der Waals surface area contributed by atoms with Crippen LogP contribution in [0.15, 0.2) is 30.3 Å². The van der Waals surface area contributed by atoms with Crippen molar-refractivity contribution in [2.45, 2.75) is 103 Å². The van der Waals surface area contributed by atoms with E-state index in [-0.39, 0.29) is 12.8 Å². The van der Waals surface area contributed by atoms with Gasteiger partial charge in [-0.15, -0.1) is 0 Å². The van der Waals surface area contributed by atoms with Crippen LogP contribution < -0.4 is 43.4 Å². The standard InChI is InChI=1S/C32H52N8O9/c1-17(2)25(40-28(44)19(4)36-31(47)26(20(5)41)39-24(42)16-35-27(43)18(3)34)30(46)38-23(15-21-11-7-6-8-12-21)29(45)37-22(32(48)49)13-9-10-14-33/h6-8,11-12,17-20,22-23,25-26,41H,9-10,13-16,33-34H2,1-5H3,(H,35,43)(H,36,47)(H,37,45)(H,38,46)(H,39,42)(H,40,44)(H,48,49)/t18-,19-,20+,22-,23-,25-,26-/m0/s1. The lowest BCUT2D eigenvalue weighted by molar-refractivity contribution is -0.142. The third-order valence-electron chi connectivity index (χ3n) is 7.39. The number of unbranched alkanes of at least 4 members (excludes halogenated alkanes) is 1. The molecule has 0 heterocycles. The Hall–Kier alpha value is -4.61. The van der Waals surface area contributed by atoms with Crippen molar-refractivity contribution in [3.8, 4) is 0 Å². The van der Waals surface area contributed by atoms with Crippen LogP contribution in [0.5, 0.6) is 0 Å².